The zero-order chi connectivity index (χ0) is 24.0. The van der Waals surface area contributed by atoms with Crippen molar-refractivity contribution in [2.45, 2.75) is 52.2 Å². The summed E-state index contributed by atoms with van der Waals surface area (Å²) >= 11 is 12.0. The molecule has 0 amide bonds. The van der Waals surface area contributed by atoms with Gasteiger partial charge in [-0.1, -0.05) is 41.4 Å². The number of aryl methyl sites for hydroxylation is 2. The number of carbonyl (C=O) groups is 1. The fourth-order valence-electron chi connectivity index (χ4n) is 3.26. The molecule has 1 N–H and O–H groups in total. The van der Waals surface area contributed by atoms with Crippen molar-refractivity contribution in [2.75, 3.05) is 6.61 Å². The maximum Gasteiger partial charge on any atom is 0.349 e. The molecule has 176 valence electrons. The maximum atomic E-state index is 12.2. The van der Waals surface area contributed by atoms with E-state index in [1.807, 2.05) is 30.3 Å². The number of carbonyl (C=O) groups excluding carboxylic acids is 1. The number of halogens is 2. The molecule has 0 aliphatic carbocycles. The summed E-state index contributed by atoms with van der Waals surface area (Å²) in [7, 11) is 0. The lowest BCUT2D eigenvalue weighted by molar-refractivity contribution is -0.158. The number of benzene rings is 2. The van der Waals surface area contributed by atoms with Crippen LogP contribution >= 0.6 is 23.2 Å². The summed E-state index contributed by atoms with van der Waals surface area (Å²) in [5.41, 5.74) is 0.646. The summed E-state index contributed by atoms with van der Waals surface area (Å²) in [5.74, 6) is 0.833. The van der Waals surface area contributed by atoms with Gasteiger partial charge in [0, 0.05) is 6.42 Å². The quantitative estimate of drug-likeness (QED) is 0.410. The second-order valence-electron chi connectivity index (χ2n) is 8.11. The number of aromatic amines is 1. The van der Waals surface area contributed by atoms with Crippen LogP contribution in [0.15, 0.2) is 47.3 Å². The van der Waals surface area contributed by atoms with Gasteiger partial charge in [0.2, 0.25) is 0 Å². The molecule has 0 saturated carbocycles. The van der Waals surface area contributed by atoms with E-state index in [1.54, 1.807) is 32.9 Å². The van der Waals surface area contributed by atoms with E-state index in [1.165, 1.54) is 4.68 Å². The van der Waals surface area contributed by atoms with Crippen molar-refractivity contribution in [3.63, 3.8) is 0 Å². The minimum atomic E-state index is -1.06. The van der Waals surface area contributed by atoms with Crippen LogP contribution in [0.2, 0.25) is 10.0 Å². The zero-order valence-corrected chi connectivity index (χ0v) is 20.4. The SMILES string of the molecule is CCOC(=O)C(C)(C)Oc1ccc(CCCc2nn(Cc3ccc(Cl)c(Cl)c3)c(=O)[nH]2)cc1. The zero-order valence-electron chi connectivity index (χ0n) is 18.9. The highest BCUT2D eigenvalue weighted by Gasteiger charge is 2.31. The summed E-state index contributed by atoms with van der Waals surface area (Å²) in [5, 5.41) is 5.30. The number of hydrogen-bond acceptors (Lipinski definition) is 5. The number of hydrogen-bond donors (Lipinski definition) is 1. The predicted octanol–water partition coefficient (Wildman–Crippen LogP) is 4.82. The lowest BCUT2D eigenvalue weighted by atomic mass is 10.1. The Labute approximate surface area is 202 Å². The van der Waals surface area contributed by atoms with E-state index < -0.39 is 11.6 Å². The van der Waals surface area contributed by atoms with Crippen molar-refractivity contribution >= 4 is 29.2 Å². The Morgan fingerprint density at radius 3 is 2.42 bits per heavy atom. The van der Waals surface area contributed by atoms with E-state index in [0.717, 1.165) is 24.0 Å². The summed E-state index contributed by atoms with van der Waals surface area (Å²) < 4.78 is 12.2. The topological polar surface area (TPSA) is 86.2 Å². The van der Waals surface area contributed by atoms with E-state index in [2.05, 4.69) is 10.1 Å². The highest BCUT2D eigenvalue weighted by molar-refractivity contribution is 6.42. The second kappa shape index (κ2) is 10.9. The lowest BCUT2D eigenvalue weighted by Gasteiger charge is -2.24. The van der Waals surface area contributed by atoms with Gasteiger partial charge >= 0.3 is 11.7 Å². The molecule has 9 heteroatoms. The number of aromatic nitrogens is 3. The molecule has 0 spiro atoms. The van der Waals surface area contributed by atoms with E-state index >= 15 is 0 Å². The van der Waals surface area contributed by atoms with E-state index in [0.29, 0.717) is 41.2 Å². The van der Waals surface area contributed by atoms with Gasteiger partial charge < -0.3 is 9.47 Å². The molecule has 3 rings (SSSR count). The number of nitrogens with zero attached hydrogens (tertiary/aromatic N) is 2. The first-order valence-electron chi connectivity index (χ1n) is 10.7. The Balaban J connectivity index is 1.52. The summed E-state index contributed by atoms with van der Waals surface area (Å²) in [6.45, 7) is 5.75. The van der Waals surface area contributed by atoms with Gasteiger partial charge in [-0.15, -0.1) is 0 Å². The van der Waals surface area contributed by atoms with Gasteiger partial charge in [0.1, 0.15) is 11.6 Å². The van der Waals surface area contributed by atoms with Crippen LogP contribution in [0.3, 0.4) is 0 Å². The number of esters is 1. The molecule has 0 atom stereocenters. The Morgan fingerprint density at radius 2 is 1.76 bits per heavy atom. The standard InChI is InChI=1S/C24H27Cl2N3O4/c1-4-32-22(30)24(2,3)33-18-11-8-16(9-12-18)6-5-7-21-27-23(31)29(28-21)15-17-10-13-19(25)20(26)14-17/h8-14H,4-7,15H2,1-3H3,(H,27,28,31). The van der Waals surface area contributed by atoms with Crippen LogP contribution in [0, 0.1) is 0 Å². The summed E-state index contributed by atoms with van der Waals surface area (Å²) in [4.78, 5) is 27.0. The molecule has 0 bridgehead atoms. The number of ether oxygens (including phenoxy) is 2. The van der Waals surface area contributed by atoms with Gasteiger partial charge in [-0.3, -0.25) is 4.98 Å². The molecule has 33 heavy (non-hydrogen) atoms. The average molecular weight is 492 g/mol. The highest BCUT2D eigenvalue weighted by atomic mass is 35.5. The fraction of sp³-hybridized carbons (Fsp3) is 0.375. The molecule has 0 unspecified atom stereocenters. The lowest BCUT2D eigenvalue weighted by Crippen LogP contribution is -2.39. The minimum absolute atomic E-state index is 0.262. The number of H-pyrrole nitrogens is 1. The van der Waals surface area contributed by atoms with Crippen molar-refractivity contribution in [2.24, 2.45) is 0 Å². The third-order valence-electron chi connectivity index (χ3n) is 4.99. The molecule has 1 heterocycles. The van der Waals surface area contributed by atoms with Gasteiger partial charge in [0.15, 0.2) is 5.60 Å². The fourth-order valence-corrected chi connectivity index (χ4v) is 3.58. The van der Waals surface area contributed by atoms with Gasteiger partial charge in [-0.25, -0.2) is 14.3 Å². The van der Waals surface area contributed by atoms with Crippen LogP contribution in [0.1, 0.15) is 44.1 Å². The first-order valence-corrected chi connectivity index (χ1v) is 11.5. The molecule has 1 aromatic heterocycles. The molecule has 0 aliphatic heterocycles. The van der Waals surface area contributed by atoms with Crippen LogP contribution in [0.5, 0.6) is 5.75 Å². The molecule has 0 aliphatic rings. The van der Waals surface area contributed by atoms with Gasteiger partial charge in [-0.2, -0.15) is 5.10 Å². The van der Waals surface area contributed by atoms with Gasteiger partial charge in [-0.05, 0) is 69.0 Å². The Kier molecular flexibility index (Phi) is 8.21. The highest BCUT2D eigenvalue weighted by Crippen LogP contribution is 2.23. The normalized spacial score (nSPS) is 11.4. The first kappa shape index (κ1) is 24.9. The molecule has 0 radical (unpaired) electrons. The summed E-state index contributed by atoms with van der Waals surface area (Å²) in [6.07, 6.45) is 2.26. The Bertz CT molecular complexity index is 1150. The van der Waals surface area contributed by atoms with Crippen molar-refractivity contribution in [3.8, 4) is 5.75 Å². The van der Waals surface area contributed by atoms with Gasteiger partial charge in [0.25, 0.3) is 0 Å². The van der Waals surface area contributed by atoms with Crippen LogP contribution in [0.4, 0.5) is 0 Å². The van der Waals surface area contributed by atoms with Gasteiger partial charge in [0.05, 0.1) is 23.2 Å². The van der Waals surface area contributed by atoms with Crippen LogP contribution in [-0.2, 0) is 28.9 Å². The van der Waals surface area contributed by atoms with Crippen molar-refractivity contribution < 1.29 is 14.3 Å². The molecule has 3 aromatic rings. The molecule has 7 nitrogen and oxygen atoms in total. The predicted molar refractivity (Wildman–Crippen MR) is 128 cm³/mol. The average Bonchev–Trinajstić information content (AvgIpc) is 3.11. The van der Waals surface area contributed by atoms with Crippen molar-refractivity contribution in [3.05, 3.63) is 79.9 Å². The van der Waals surface area contributed by atoms with Crippen LogP contribution in [0.25, 0.3) is 0 Å². The van der Waals surface area contributed by atoms with Crippen LogP contribution in [-0.4, -0.2) is 32.9 Å². The van der Waals surface area contributed by atoms with E-state index in [-0.39, 0.29) is 5.69 Å². The van der Waals surface area contributed by atoms with Crippen LogP contribution < -0.4 is 10.4 Å². The largest absolute Gasteiger partial charge is 0.476 e. The third kappa shape index (κ3) is 6.85. The van der Waals surface area contributed by atoms with Crippen molar-refractivity contribution in [1.29, 1.82) is 0 Å². The van der Waals surface area contributed by atoms with E-state index in [9.17, 15) is 9.59 Å². The number of rotatable bonds is 10. The molecule has 2 aromatic carbocycles. The monoisotopic (exact) mass is 491 g/mol. The molecular formula is C24H27Cl2N3O4. The minimum Gasteiger partial charge on any atom is -0.476 e. The number of nitrogens with one attached hydrogen (secondary N) is 1. The Hall–Kier alpha value is -2.77. The van der Waals surface area contributed by atoms with Crippen molar-refractivity contribution in [1.82, 2.24) is 14.8 Å². The van der Waals surface area contributed by atoms with E-state index in [4.69, 9.17) is 32.7 Å². The molecule has 0 saturated heterocycles. The first-order chi connectivity index (χ1) is 15.7. The summed E-state index contributed by atoms with van der Waals surface area (Å²) in [6, 6.07) is 12.8. The molecule has 0 fully saturated rings. The smallest absolute Gasteiger partial charge is 0.349 e. The Morgan fingerprint density at radius 1 is 1.06 bits per heavy atom. The maximum absolute atomic E-state index is 12.2. The second-order valence-corrected chi connectivity index (χ2v) is 8.93. The molecular weight excluding hydrogens is 465 g/mol. The third-order valence-corrected chi connectivity index (χ3v) is 5.72.